The van der Waals surface area contributed by atoms with Crippen LogP contribution < -0.4 is 10.6 Å². The largest absolute Gasteiger partial charge is 0.339 e. The Morgan fingerprint density at radius 1 is 1.12 bits per heavy atom. The second kappa shape index (κ2) is 7.09. The summed E-state index contributed by atoms with van der Waals surface area (Å²) in [6, 6.07) is 8.71. The van der Waals surface area contributed by atoms with Crippen LogP contribution >= 0.6 is 0 Å². The lowest BCUT2D eigenvalue weighted by atomic mass is 9.88. The molecule has 0 spiro atoms. The molecule has 1 aromatic carbocycles. The second-order valence-electron chi connectivity index (χ2n) is 6.66. The van der Waals surface area contributed by atoms with Gasteiger partial charge in [-0.05, 0) is 26.7 Å². The zero-order chi connectivity index (χ0) is 18.0. The van der Waals surface area contributed by atoms with E-state index in [2.05, 4.69) is 10.6 Å². The van der Waals surface area contributed by atoms with Gasteiger partial charge in [-0.25, -0.2) is 4.79 Å². The molecule has 2 N–H and O–H groups in total. The molecular formula is C19H23N3O3. The van der Waals surface area contributed by atoms with E-state index in [-0.39, 0.29) is 29.7 Å². The Labute approximate surface area is 147 Å². The number of Topliss-reactive ketones (excluding diaryl/α,β-unsaturated/α-hetero) is 1. The van der Waals surface area contributed by atoms with Crippen LogP contribution in [0.5, 0.6) is 0 Å². The number of piperidine rings is 1. The van der Waals surface area contributed by atoms with Crippen molar-refractivity contribution in [3.05, 3.63) is 47.2 Å². The van der Waals surface area contributed by atoms with Gasteiger partial charge in [0.05, 0.1) is 11.6 Å². The Bertz CT molecular complexity index is 719. The minimum Gasteiger partial charge on any atom is -0.339 e. The summed E-state index contributed by atoms with van der Waals surface area (Å²) in [5, 5.41) is 5.37. The molecule has 1 saturated heterocycles. The van der Waals surface area contributed by atoms with Crippen molar-refractivity contribution in [3.63, 3.8) is 0 Å². The highest BCUT2D eigenvalue weighted by Gasteiger charge is 2.33. The first kappa shape index (κ1) is 17.2. The van der Waals surface area contributed by atoms with Crippen molar-refractivity contribution in [2.75, 3.05) is 13.1 Å². The normalized spacial score (nSPS) is 21.6. The summed E-state index contributed by atoms with van der Waals surface area (Å²) in [4.78, 5) is 38.6. The van der Waals surface area contributed by atoms with Crippen LogP contribution in [0, 0.1) is 5.92 Å². The van der Waals surface area contributed by atoms with Crippen LogP contribution in [0.1, 0.15) is 37.0 Å². The standard InChI is InChI=1S/C19H23N3O3/c1-12-16(13(2)21-19(25)20-12)18(24)22-10-8-15(9-11-22)17(23)14-6-4-3-5-7-14/h3-7,12,15H,8-11H2,1-2H3,(H2,20,21,25)/t12-/m0/s1. The molecule has 2 aliphatic rings. The summed E-state index contributed by atoms with van der Waals surface area (Å²) in [5.74, 6) is 0.0503. The number of allylic oxidation sites excluding steroid dienone is 1. The van der Waals surface area contributed by atoms with Gasteiger partial charge in [-0.3, -0.25) is 9.59 Å². The van der Waals surface area contributed by atoms with Gasteiger partial charge in [-0.1, -0.05) is 30.3 Å². The van der Waals surface area contributed by atoms with Crippen molar-refractivity contribution in [2.24, 2.45) is 5.92 Å². The molecule has 0 radical (unpaired) electrons. The van der Waals surface area contributed by atoms with Crippen LogP contribution in [0.3, 0.4) is 0 Å². The molecule has 132 valence electrons. The van der Waals surface area contributed by atoms with Gasteiger partial charge in [-0.15, -0.1) is 0 Å². The summed E-state index contributed by atoms with van der Waals surface area (Å²) in [5.41, 5.74) is 1.93. The molecule has 0 saturated carbocycles. The summed E-state index contributed by atoms with van der Waals surface area (Å²) >= 11 is 0. The molecule has 3 amide bonds. The maximum absolute atomic E-state index is 12.8. The second-order valence-corrected chi connectivity index (χ2v) is 6.66. The fourth-order valence-electron chi connectivity index (χ4n) is 3.57. The summed E-state index contributed by atoms with van der Waals surface area (Å²) in [6.45, 7) is 4.66. The number of nitrogens with one attached hydrogen (secondary N) is 2. The van der Waals surface area contributed by atoms with Crippen molar-refractivity contribution in [3.8, 4) is 0 Å². The van der Waals surface area contributed by atoms with Crippen LogP contribution in [-0.2, 0) is 4.79 Å². The van der Waals surface area contributed by atoms with Gasteiger partial charge < -0.3 is 15.5 Å². The number of likely N-dealkylation sites (tertiary alicyclic amines) is 1. The van der Waals surface area contributed by atoms with Crippen LogP contribution in [-0.4, -0.2) is 41.8 Å². The first-order chi connectivity index (χ1) is 12.0. The van der Waals surface area contributed by atoms with Gasteiger partial charge in [0, 0.05) is 30.3 Å². The van der Waals surface area contributed by atoms with Gasteiger partial charge in [0.25, 0.3) is 5.91 Å². The van der Waals surface area contributed by atoms with E-state index >= 15 is 0 Å². The Morgan fingerprint density at radius 3 is 2.36 bits per heavy atom. The fourth-order valence-corrected chi connectivity index (χ4v) is 3.57. The number of carbonyl (C=O) groups excluding carboxylic acids is 3. The zero-order valence-electron chi connectivity index (χ0n) is 14.5. The fraction of sp³-hybridized carbons (Fsp3) is 0.421. The van der Waals surface area contributed by atoms with Crippen LogP contribution in [0.25, 0.3) is 0 Å². The van der Waals surface area contributed by atoms with E-state index in [9.17, 15) is 14.4 Å². The highest BCUT2D eigenvalue weighted by molar-refractivity contribution is 5.99. The van der Waals surface area contributed by atoms with E-state index in [0.717, 1.165) is 5.56 Å². The SMILES string of the molecule is CC1=C(C(=O)N2CCC(C(=O)c3ccccc3)CC2)[C@H](C)NC(=O)N1. The number of ketones is 1. The molecular weight excluding hydrogens is 318 g/mol. The molecule has 1 atom stereocenters. The first-order valence-electron chi connectivity index (χ1n) is 8.64. The van der Waals surface area contributed by atoms with E-state index < -0.39 is 0 Å². The molecule has 6 nitrogen and oxygen atoms in total. The number of rotatable bonds is 3. The predicted octanol–water partition coefficient (Wildman–Crippen LogP) is 2.08. The van der Waals surface area contributed by atoms with Crippen molar-refractivity contribution in [1.82, 2.24) is 15.5 Å². The number of nitrogens with zero attached hydrogens (tertiary/aromatic N) is 1. The zero-order valence-corrected chi connectivity index (χ0v) is 14.5. The number of hydrogen-bond acceptors (Lipinski definition) is 3. The van der Waals surface area contributed by atoms with Gasteiger partial charge in [-0.2, -0.15) is 0 Å². The van der Waals surface area contributed by atoms with Crippen molar-refractivity contribution >= 4 is 17.7 Å². The Kier molecular flexibility index (Phi) is 4.88. The topological polar surface area (TPSA) is 78.5 Å². The molecule has 6 heteroatoms. The molecule has 25 heavy (non-hydrogen) atoms. The first-order valence-corrected chi connectivity index (χ1v) is 8.64. The maximum Gasteiger partial charge on any atom is 0.319 e. The van der Waals surface area contributed by atoms with E-state index in [0.29, 0.717) is 37.2 Å². The molecule has 0 unspecified atom stereocenters. The lowest BCUT2D eigenvalue weighted by Crippen LogP contribution is -2.51. The molecule has 1 aromatic rings. The lowest BCUT2D eigenvalue weighted by molar-refractivity contribution is -0.128. The van der Waals surface area contributed by atoms with Crippen molar-refractivity contribution in [2.45, 2.75) is 32.7 Å². The molecule has 0 aliphatic carbocycles. The minimum absolute atomic E-state index is 0.0388. The monoisotopic (exact) mass is 341 g/mol. The number of carbonyl (C=O) groups is 3. The molecule has 0 bridgehead atoms. The van der Waals surface area contributed by atoms with Gasteiger partial charge in [0.15, 0.2) is 5.78 Å². The van der Waals surface area contributed by atoms with Gasteiger partial charge >= 0.3 is 6.03 Å². The van der Waals surface area contributed by atoms with Crippen LogP contribution in [0.2, 0.25) is 0 Å². The smallest absolute Gasteiger partial charge is 0.319 e. The van der Waals surface area contributed by atoms with Gasteiger partial charge in [0.1, 0.15) is 0 Å². The van der Waals surface area contributed by atoms with Gasteiger partial charge in [0.2, 0.25) is 0 Å². The molecule has 0 aromatic heterocycles. The Balaban J connectivity index is 1.64. The summed E-state index contributed by atoms with van der Waals surface area (Å²) < 4.78 is 0. The van der Waals surface area contributed by atoms with E-state index in [1.165, 1.54) is 0 Å². The van der Waals surface area contributed by atoms with E-state index in [1.807, 2.05) is 30.3 Å². The summed E-state index contributed by atoms with van der Waals surface area (Å²) in [6.07, 6.45) is 1.33. The Hall–Kier alpha value is -2.63. The molecule has 3 rings (SSSR count). The van der Waals surface area contributed by atoms with E-state index in [4.69, 9.17) is 0 Å². The number of benzene rings is 1. The predicted molar refractivity (Wildman–Crippen MR) is 93.9 cm³/mol. The average molecular weight is 341 g/mol. The van der Waals surface area contributed by atoms with Crippen LogP contribution in [0.15, 0.2) is 41.6 Å². The number of amides is 3. The third kappa shape index (κ3) is 3.57. The van der Waals surface area contributed by atoms with Crippen molar-refractivity contribution in [1.29, 1.82) is 0 Å². The average Bonchev–Trinajstić information content (AvgIpc) is 2.61. The highest BCUT2D eigenvalue weighted by atomic mass is 16.2. The lowest BCUT2D eigenvalue weighted by Gasteiger charge is -2.34. The maximum atomic E-state index is 12.8. The molecule has 1 fully saturated rings. The number of hydrogen-bond donors (Lipinski definition) is 2. The van der Waals surface area contributed by atoms with Crippen LogP contribution in [0.4, 0.5) is 4.79 Å². The minimum atomic E-state index is -0.315. The molecule has 2 aliphatic heterocycles. The third-order valence-corrected chi connectivity index (χ3v) is 4.93. The summed E-state index contributed by atoms with van der Waals surface area (Å²) in [7, 11) is 0. The quantitative estimate of drug-likeness (QED) is 0.826. The molecule has 2 heterocycles. The van der Waals surface area contributed by atoms with E-state index in [1.54, 1.807) is 18.7 Å². The highest BCUT2D eigenvalue weighted by Crippen LogP contribution is 2.24. The third-order valence-electron chi connectivity index (χ3n) is 4.93. The number of urea groups is 1. The Morgan fingerprint density at radius 2 is 1.76 bits per heavy atom. The van der Waals surface area contributed by atoms with Crippen molar-refractivity contribution < 1.29 is 14.4 Å².